The van der Waals surface area contributed by atoms with Crippen molar-refractivity contribution in [2.75, 3.05) is 39.8 Å². The number of nitrogens with zero attached hydrogens (tertiary/aromatic N) is 4. The van der Waals surface area contributed by atoms with Gasteiger partial charge in [0.15, 0.2) is 0 Å². The van der Waals surface area contributed by atoms with Crippen LogP contribution in [0.15, 0.2) is 66.7 Å². The second-order valence-corrected chi connectivity index (χ2v) is 21.0. The predicted molar refractivity (Wildman–Crippen MR) is 242 cm³/mol. The average Bonchev–Trinajstić information content (AvgIpc) is 4.21. The third-order valence-electron chi connectivity index (χ3n) is 13.0. The molecule has 2 N–H and O–H groups in total. The summed E-state index contributed by atoms with van der Waals surface area (Å²) in [5.74, 6) is -2.10. The zero-order valence-electron chi connectivity index (χ0n) is 37.6. The number of hydrogen-bond donors (Lipinski definition) is 2. The van der Waals surface area contributed by atoms with Crippen molar-refractivity contribution in [2.24, 2.45) is 11.8 Å². The van der Waals surface area contributed by atoms with E-state index in [9.17, 15) is 27.6 Å². The van der Waals surface area contributed by atoms with Gasteiger partial charge in [-0.15, -0.1) is 0 Å². The Hall–Kier alpha value is -5.71. The highest BCUT2D eigenvalue weighted by atomic mass is 32.2. The fourth-order valence-electron chi connectivity index (χ4n) is 9.12. The minimum Gasteiger partial charge on any atom is -0.497 e. The number of aromatic nitrogens is 1. The number of benzene rings is 2. The van der Waals surface area contributed by atoms with Gasteiger partial charge in [-0.3, -0.25) is 23.9 Å². The van der Waals surface area contributed by atoms with Crippen LogP contribution in [0.2, 0.25) is 0 Å². The molecule has 17 heteroatoms. The van der Waals surface area contributed by atoms with Gasteiger partial charge in [-0.1, -0.05) is 55.3 Å². The lowest BCUT2D eigenvalue weighted by Crippen LogP contribution is -2.57. The molecule has 3 aromatic rings. The van der Waals surface area contributed by atoms with Crippen LogP contribution < -0.4 is 19.5 Å². The summed E-state index contributed by atoms with van der Waals surface area (Å²) in [5, 5.41) is 3.00. The maximum absolute atomic E-state index is 15.1. The molecule has 5 amide bonds. The summed E-state index contributed by atoms with van der Waals surface area (Å²) < 4.78 is 46.1. The summed E-state index contributed by atoms with van der Waals surface area (Å²) in [4.78, 5) is 80.2. The molecule has 5 atom stereocenters. The first-order valence-electron chi connectivity index (χ1n) is 22.9. The molecular formula is C48H60N6O10S. The second-order valence-electron chi connectivity index (χ2n) is 19.0. The van der Waals surface area contributed by atoms with Gasteiger partial charge in [0.25, 0.3) is 5.91 Å². The highest BCUT2D eigenvalue weighted by molar-refractivity contribution is 7.91. The van der Waals surface area contributed by atoms with E-state index in [0.29, 0.717) is 73.3 Å². The van der Waals surface area contributed by atoms with E-state index in [1.165, 1.54) is 4.90 Å². The Morgan fingerprint density at radius 2 is 1.68 bits per heavy atom. The standard InChI is InChI=1S/C48H60N6O10S/c1-47(2,3)64-46(59)53-23-21-52(22-24-53)42(55)25-32-15-9-6-5-7-12-16-33-29-48(33,45(58)51-65(60,61)36-18-19-36)50-43(56)40-27-35(30-54(40)44(32)57)63-41-28-38(31-13-10-8-11-14-31)49-39-26-34(62-4)17-20-37(39)41/h8,10-14,16-17,20,26,28,32-33,35-36,40H,5-7,9,15,18-19,21-25,27,29-30H2,1-4H3,(H,50,56)(H,51,58)/b16-12-/t32-,33-,35-,40+,48-/m1/s1. The Kier molecular flexibility index (Phi) is 13.2. The molecule has 16 nitrogen and oxygen atoms in total. The van der Waals surface area contributed by atoms with Crippen LogP contribution in [-0.2, 0) is 33.9 Å². The summed E-state index contributed by atoms with van der Waals surface area (Å²) in [6.07, 6.45) is 7.15. The second kappa shape index (κ2) is 18.6. The minimum absolute atomic E-state index is 0.00933. The Labute approximate surface area is 380 Å². The van der Waals surface area contributed by atoms with Gasteiger partial charge in [-0.05, 0) is 71.4 Å². The summed E-state index contributed by atoms with van der Waals surface area (Å²) in [6.45, 7) is 6.57. The maximum atomic E-state index is 15.1. The quantitative estimate of drug-likeness (QED) is 0.263. The van der Waals surface area contributed by atoms with E-state index in [2.05, 4.69) is 10.0 Å². The van der Waals surface area contributed by atoms with Crippen LogP contribution >= 0.6 is 0 Å². The number of ether oxygens (including phenoxy) is 3. The fourth-order valence-corrected chi connectivity index (χ4v) is 10.5. The largest absolute Gasteiger partial charge is 0.497 e. The van der Waals surface area contributed by atoms with Crippen LogP contribution in [0.5, 0.6) is 11.5 Å². The van der Waals surface area contributed by atoms with Crippen molar-refractivity contribution < 1.29 is 46.6 Å². The van der Waals surface area contributed by atoms with Crippen molar-refractivity contribution in [3.63, 3.8) is 0 Å². The van der Waals surface area contributed by atoms with E-state index in [-0.39, 0.29) is 50.7 Å². The first-order valence-corrected chi connectivity index (χ1v) is 24.4. The predicted octanol–water partition coefficient (Wildman–Crippen LogP) is 5.35. The van der Waals surface area contributed by atoms with E-state index >= 15 is 4.79 Å². The van der Waals surface area contributed by atoms with Crippen molar-refractivity contribution in [3.05, 3.63) is 66.7 Å². The van der Waals surface area contributed by atoms with Gasteiger partial charge in [-0.25, -0.2) is 18.2 Å². The summed E-state index contributed by atoms with van der Waals surface area (Å²) in [7, 11) is -2.35. The molecule has 4 fully saturated rings. The number of rotatable bonds is 9. The average molecular weight is 913 g/mol. The molecule has 2 aliphatic carbocycles. The number of hydrogen-bond acceptors (Lipinski definition) is 11. The van der Waals surface area contributed by atoms with Gasteiger partial charge >= 0.3 is 6.09 Å². The van der Waals surface area contributed by atoms with Gasteiger partial charge in [0.05, 0.1) is 30.1 Å². The Morgan fingerprint density at radius 3 is 2.38 bits per heavy atom. The van der Waals surface area contributed by atoms with E-state index < -0.39 is 68.3 Å². The molecule has 0 radical (unpaired) electrons. The van der Waals surface area contributed by atoms with Crippen molar-refractivity contribution in [2.45, 2.75) is 114 Å². The molecule has 3 aliphatic heterocycles. The minimum atomic E-state index is -3.92. The molecular weight excluding hydrogens is 853 g/mol. The van der Waals surface area contributed by atoms with Crippen molar-refractivity contribution in [3.8, 4) is 22.8 Å². The van der Waals surface area contributed by atoms with Crippen LogP contribution in [0.4, 0.5) is 4.79 Å². The number of piperazine rings is 1. The van der Waals surface area contributed by atoms with Crippen LogP contribution in [-0.4, -0.2) is 126 Å². The van der Waals surface area contributed by atoms with Crippen LogP contribution in [0.1, 0.15) is 85.0 Å². The molecule has 65 heavy (non-hydrogen) atoms. The number of sulfonamides is 1. The van der Waals surface area contributed by atoms with Crippen molar-refractivity contribution >= 4 is 50.6 Å². The summed E-state index contributed by atoms with van der Waals surface area (Å²) >= 11 is 0. The molecule has 5 aliphatic rings. The first-order chi connectivity index (χ1) is 31.0. The normalized spacial score (nSPS) is 25.9. The van der Waals surface area contributed by atoms with Crippen LogP contribution in [0.3, 0.4) is 0 Å². The molecule has 348 valence electrons. The monoisotopic (exact) mass is 912 g/mol. The molecule has 0 bridgehead atoms. The topological polar surface area (TPSA) is 194 Å². The zero-order chi connectivity index (χ0) is 46.1. The number of methoxy groups -OCH3 is 1. The molecule has 0 spiro atoms. The van der Waals surface area contributed by atoms with Gasteiger partial charge in [0.2, 0.25) is 27.7 Å². The summed E-state index contributed by atoms with van der Waals surface area (Å²) in [6, 6.07) is 15.8. The van der Waals surface area contributed by atoms with Gasteiger partial charge in [0, 0.05) is 73.9 Å². The van der Waals surface area contributed by atoms with E-state index in [1.54, 1.807) is 37.7 Å². The molecule has 8 rings (SSSR count). The third-order valence-corrected chi connectivity index (χ3v) is 14.8. The van der Waals surface area contributed by atoms with Gasteiger partial charge in [0.1, 0.15) is 34.8 Å². The highest BCUT2D eigenvalue weighted by Crippen LogP contribution is 2.46. The molecule has 2 saturated heterocycles. The molecule has 1 aromatic heterocycles. The number of fused-ring (bicyclic) bond motifs is 3. The molecule has 0 unspecified atom stereocenters. The van der Waals surface area contributed by atoms with E-state index in [0.717, 1.165) is 18.4 Å². The van der Waals surface area contributed by atoms with Crippen molar-refractivity contribution in [1.82, 2.24) is 29.7 Å². The number of nitrogens with one attached hydrogen (secondary N) is 2. The lowest BCUT2D eigenvalue weighted by molar-refractivity contribution is -0.146. The fraction of sp³-hybridized carbons (Fsp3) is 0.542. The zero-order valence-corrected chi connectivity index (χ0v) is 38.4. The van der Waals surface area contributed by atoms with Crippen molar-refractivity contribution in [1.29, 1.82) is 0 Å². The lowest BCUT2D eigenvalue weighted by Gasteiger charge is -2.36. The lowest BCUT2D eigenvalue weighted by atomic mass is 9.94. The summed E-state index contributed by atoms with van der Waals surface area (Å²) in [5.41, 5.74) is -0.0550. The maximum Gasteiger partial charge on any atom is 0.410 e. The molecule has 2 aromatic carbocycles. The number of pyridine rings is 1. The third kappa shape index (κ3) is 10.6. The van der Waals surface area contributed by atoms with E-state index in [1.807, 2.05) is 66.7 Å². The number of carbonyl (C=O) groups excluding carboxylic acids is 5. The van der Waals surface area contributed by atoms with Gasteiger partial charge in [-0.2, -0.15) is 0 Å². The molecule has 2 saturated carbocycles. The SMILES string of the molecule is COc1ccc2c(O[C@@H]3C[C@H]4C(=O)N[C@]5(C(=O)NS(=O)(=O)C6CC6)C[C@H]5/C=C\CCCCC[C@H](CC(=O)N5CCN(C(=O)OC(C)(C)C)CC5)C(=O)N4C3)cc(-c3ccccc3)nc2c1. The number of carbonyl (C=O) groups is 5. The first kappa shape index (κ1) is 45.8. The Bertz CT molecular complexity index is 2450. The number of allylic oxidation sites excluding steroid dienone is 1. The van der Waals surface area contributed by atoms with Crippen LogP contribution in [0, 0.1) is 11.8 Å². The smallest absolute Gasteiger partial charge is 0.410 e. The Balaban J connectivity index is 1.08. The Morgan fingerprint density at radius 1 is 0.938 bits per heavy atom. The van der Waals surface area contributed by atoms with Gasteiger partial charge < -0.3 is 34.2 Å². The van der Waals surface area contributed by atoms with Crippen LogP contribution in [0.25, 0.3) is 22.2 Å². The van der Waals surface area contributed by atoms with E-state index in [4.69, 9.17) is 19.2 Å². The highest BCUT2D eigenvalue weighted by Gasteiger charge is 2.62. The number of amides is 5. The molecule has 4 heterocycles.